The molecule has 2 fully saturated rings. The van der Waals surface area contributed by atoms with Gasteiger partial charge < -0.3 is 0 Å². The molecule has 2 aliphatic carbocycles. The van der Waals surface area contributed by atoms with E-state index in [9.17, 15) is 0 Å². The van der Waals surface area contributed by atoms with Crippen molar-refractivity contribution in [2.75, 3.05) is 0 Å². The predicted molar refractivity (Wildman–Crippen MR) is 51.5 cm³/mol. The second kappa shape index (κ2) is 1.87. The zero-order valence-corrected chi connectivity index (χ0v) is 9.03. The molecule has 2 heteroatoms. The number of rotatable bonds is 0. The van der Waals surface area contributed by atoms with E-state index in [0.717, 1.165) is 0 Å². The van der Waals surface area contributed by atoms with Crippen LogP contribution in [0.5, 0.6) is 0 Å². The zero-order chi connectivity index (χ0) is 6.54. The van der Waals surface area contributed by atoms with Gasteiger partial charge in [-0.05, 0) is 32.1 Å². The molecular formula is C7H10BrI. The summed E-state index contributed by atoms with van der Waals surface area (Å²) in [7, 11) is 0. The van der Waals surface area contributed by atoms with Crippen molar-refractivity contribution >= 4 is 38.5 Å². The van der Waals surface area contributed by atoms with Gasteiger partial charge in [-0.25, -0.2) is 0 Å². The van der Waals surface area contributed by atoms with Crippen molar-refractivity contribution < 1.29 is 0 Å². The second-order valence-corrected chi connectivity index (χ2v) is 7.45. The van der Waals surface area contributed by atoms with Gasteiger partial charge in [-0.1, -0.05) is 38.5 Å². The summed E-state index contributed by atoms with van der Waals surface area (Å²) in [6.07, 6.45) is 7.13. The van der Waals surface area contributed by atoms with Gasteiger partial charge in [-0.2, -0.15) is 0 Å². The van der Waals surface area contributed by atoms with E-state index in [-0.39, 0.29) is 0 Å². The molecule has 2 bridgehead atoms. The second-order valence-electron chi connectivity index (χ2n) is 3.48. The molecule has 0 aromatic heterocycles. The summed E-state index contributed by atoms with van der Waals surface area (Å²) in [5.41, 5.74) is 0. The van der Waals surface area contributed by atoms with Gasteiger partial charge in [-0.15, -0.1) is 0 Å². The van der Waals surface area contributed by atoms with Gasteiger partial charge >= 0.3 is 0 Å². The first-order chi connectivity index (χ1) is 4.12. The molecule has 0 heterocycles. The first-order valence-electron chi connectivity index (χ1n) is 3.50. The molecule has 0 aliphatic heterocycles. The van der Waals surface area contributed by atoms with Gasteiger partial charge in [-0.3, -0.25) is 0 Å². The molecule has 0 aromatic rings. The highest BCUT2D eigenvalue weighted by Gasteiger charge is 2.51. The van der Waals surface area contributed by atoms with E-state index >= 15 is 0 Å². The van der Waals surface area contributed by atoms with Gasteiger partial charge in [0, 0.05) is 7.75 Å². The van der Waals surface area contributed by atoms with Crippen LogP contribution < -0.4 is 0 Å². The maximum Gasteiger partial charge on any atom is 0.0271 e. The summed E-state index contributed by atoms with van der Waals surface area (Å²) in [4.78, 5) is 0. The zero-order valence-electron chi connectivity index (χ0n) is 5.29. The molecule has 0 saturated heterocycles. The van der Waals surface area contributed by atoms with Gasteiger partial charge in [0.1, 0.15) is 0 Å². The van der Waals surface area contributed by atoms with Crippen LogP contribution in [0, 0.1) is 0 Å². The molecule has 0 N–H and O–H groups in total. The summed E-state index contributed by atoms with van der Waals surface area (Å²) in [6.45, 7) is 0. The molecule has 0 nitrogen and oxygen atoms in total. The van der Waals surface area contributed by atoms with E-state index in [1.54, 1.807) is 0 Å². The fourth-order valence-corrected chi connectivity index (χ4v) is 4.79. The number of hydrogen-bond acceptors (Lipinski definition) is 0. The first-order valence-corrected chi connectivity index (χ1v) is 5.37. The van der Waals surface area contributed by atoms with Crippen molar-refractivity contribution in [3.63, 3.8) is 0 Å². The van der Waals surface area contributed by atoms with E-state index in [0.29, 0.717) is 7.75 Å². The maximum absolute atomic E-state index is 3.82. The Morgan fingerprint density at radius 2 is 1.67 bits per heavy atom. The highest BCUT2D eigenvalue weighted by Crippen LogP contribution is 2.59. The van der Waals surface area contributed by atoms with Crippen LogP contribution >= 0.6 is 38.5 Å². The van der Waals surface area contributed by atoms with Crippen LogP contribution in [0.15, 0.2) is 0 Å². The average Bonchev–Trinajstić information content (AvgIpc) is 2.19. The van der Waals surface area contributed by atoms with Crippen LogP contribution in [0.4, 0.5) is 0 Å². The summed E-state index contributed by atoms with van der Waals surface area (Å²) < 4.78 is 1.27. The van der Waals surface area contributed by atoms with E-state index in [2.05, 4.69) is 38.5 Å². The fourth-order valence-electron chi connectivity index (χ4n) is 2.07. The molecule has 0 spiro atoms. The van der Waals surface area contributed by atoms with Gasteiger partial charge in [0.05, 0.1) is 0 Å². The van der Waals surface area contributed by atoms with Crippen molar-refractivity contribution in [1.29, 1.82) is 0 Å². The van der Waals surface area contributed by atoms with Gasteiger partial charge in [0.25, 0.3) is 0 Å². The first kappa shape index (κ1) is 6.89. The van der Waals surface area contributed by atoms with Crippen LogP contribution in [0.1, 0.15) is 32.1 Å². The Balaban J connectivity index is 2.25. The predicted octanol–water partition coefficient (Wildman–Crippen LogP) is 3.27. The largest absolute Gasteiger partial charge is 0.0853 e. The van der Waals surface area contributed by atoms with Gasteiger partial charge in [0.2, 0.25) is 0 Å². The standard InChI is InChI=1S/C7H10BrI/c8-6-1-3-7(9,5-6)4-2-6/h1-5H2. The number of alkyl halides is 2. The monoisotopic (exact) mass is 300 g/mol. The van der Waals surface area contributed by atoms with Crippen molar-refractivity contribution in [3.8, 4) is 0 Å². The minimum absolute atomic E-state index is 0.578. The number of halogens is 2. The lowest BCUT2D eigenvalue weighted by atomic mass is 10.0. The third-order valence-corrected chi connectivity index (χ3v) is 5.21. The van der Waals surface area contributed by atoms with Crippen LogP contribution in [-0.4, -0.2) is 7.75 Å². The fraction of sp³-hybridized carbons (Fsp3) is 1.00. The van der Waals surface area contributed by atoms with Crippen LogP contribution in [0.2, 0.25) is 0 Å². The molecule has 0 aromatic carbocycles. The lowest BCUT2D eigenvalue weighted by Crippen LogP contribution is -2.12. The molecule has 9 heavy (non-hydrogen) atoms. The van der Waals surface area contributed by atoms with E-state index in [1.165, 1.54) is 32.1 Å². The van der Waals surface area contributed by atoms with Crippen LogP contribution in [0.3, 0.4) is 0 Å². The molecule has 0 atom stereocenters. The molecule has 0 amide bonds. The molecule has 2 rings (SSSR count). The smallest absolute Gasteiger partial charge is 0.0271 e. The minimum atomic E-state index is 0.578. The summed E-state index contributed by atoms with van der Waals surface area (Å²) in [5.74, 6) is 0. The van der Waals surface area contributed by atoms with E-state index in [1.807, 2.05) is 0 Å². The highest BCUT2D eigenvalue weighted by molar-refractivity contribution is 14.1. The molecule has 52 valence electrons. The van der Waals surface area contributed by atoms with Crippen molar-refractivity contribution in [3.05, 3.63) is 0 Å². The number of hydrogen-bond donors (Lipinski definition) is 0. The third-order valence-electron chi connectivity index (χ3n) is 2.68. The maximum atomic E-state index is 3.82. The van der Waals surface area contributed by atoms with Gasteiger partial charge in [0.15, 0.2) is 0 Å². The summed E-state index contributed by atoms with van der Waals surface area (Å²) in [6, 6.07) is 0. The normalized spacial score (nSPS) is 56.7. The Morgan fingerprint density at radius 1 is 1.11 bits per heavy atom. The Kier molecular flexibility index (Phi) is 1.43. The Labute approximate surface area is 78.0 Å². The van der Waals surface area contributed by atoms with Crippen molar-refractivity contribution in [2.45, 2.75) is 39.9 Å². The molecular weight excluding hydrogens is 291 g/mol. The molecule has 0 unspecified atom stereocenters. The third kappa shape index (κ3) is 1.06. The Morgan fingerprint density at radius 3 is 1.78 bits per heavy atom. The quantitative estimate of drug-likeness (QED) is 0.476. The SMILES string of the molecule is BrC12CCC(I)(CC1)C2. The van der Waals surface area contributed by atoms with Crippen molar-refractivity contribution in [1.82, 2.24) is 0 Å². The van der Waals surface area contributed by atoms with Crippen LogP contribution in [-0.2, 0) is 0 Å². The topological polar surface area (TPSA) is 0 Å². The van der Waals surface area contributed by atoms with E-state index in [4.69, 9.17) is 0 Å². The molecule has 2 aliphatic rings. The lowest BCUT2D eigenvalue weighted by Gasteiger charge is -2.19. The highest BCUT2D eigenvalue weighted by atomic mass is 127. The Bertz CT molecular complexity index is 120. The minimum Gasteiger partial charge on any atom is -0.0853 e. The Hall–Kier alpha value is 1.21. The average molecular weight is 301 g/mol. The number of fused-ring (bicyclic) bond motifs is 2. The van der Waals surface area contributed by atoms with Crippen LogP contribution in [0.25, 0.3) is 0 Å². The molecule has 2 saturated carbocycles. The van der Waals surface area contributed by atoms with E-state index < -0.39 is 0 Å². The lowest BCUT2D eigenvalue weighted by molar-refractivity contribution is 0.546. The summed E-state index contributed by atoms with van der Waals surface area (Å²) >= 11 is 6.47. The summed E-state index contributed by atoms with van der Waals surface area (Å²) in [5, 5.41) is 0. The van der Waals surface area contributed by atoms with Crippen molar-refractivity contribution in [2.24, 2.45) is 0 Å². The molecule has 0 radical (unpaired) electrons.